The third kappa shape index (κ3) is 4.04. The van der Waals surface area contributed by atoms with Crippen molar-refractivity contribution in [2.45, 2.75) is 19.4 Å². The first-order valence-corrected chi connectivity index (χ1v) is 6.76. The van der Waals surface area contributed by atoms with Crippen molar-refractivity contribution in [3.63, 3.8) is 0 Å². The van der Waals surface area contributed by atoms with Crippen LogP contribution < -0.4 is 0 Å². The van der Waals surface area contributed by atoms with Crippen molar-refractivity contribution in [3.05, 3.63) is 72.1 Å². The van der Waals surface area contributed by atoms with Crippen molar-refractivity contribution in [3.8, 4) is 11.1 Å². The van der Waals surface area contributed by atoms with Crippen molar-refractivity contribution in [1.29, 1.82) is 0 Å². The summed E-state index contributed by atoms with van der Waals surface area (Å²) in [5.41, 5.74) is 4.78. The molecule has 2 rings (SSSR count). The molecule has 0 saturated carbocycles. The zero-order valence-electron chi connectivity index (χ0n) is 11.7. The molecule has 0 saturated heterocycles. The van der Waals surface area contributed by atoms with Crippen LogP contribution >= 0.6 is 0 Å². The molecule has 104 valence electrons. The van der Waals surface area contributed by atoms with Gasteiger partial charge in [-0.2, -0.15) is 0 Å². The molecular weight excluding hydrogens is 251 g/mol. The maximum absolute atomic E-state index is 11.9. The van der Waals surface area contributed by atoms with Gasteiger partial charge in [0.1, 0.15) is 0 Å². The zero-order valence-corrected chi connectivity index (χ0v) is 11.7. The lowest BCUT2D eigenvalue weighted by Crippen LogP contribution is -1.87. The lowest BCUT2D eigenvalue weighted by Gasteiger charge is -2.05. The van der Waals surface area contributed by atoms with Crippen LogP contribution in [0.4, 0.5) is 4.39 Å². The highest BCUT2D eigenvalue weighted by Gasteiger charge is 1.99. The first kappa shape index (κ1) is 14.5. The van der Waals surface area contributed by atoms with Crippen LogP contribution in [-0.4, -0.2) is 7.11 Å². The fourth-order valence-corrected chi connectivity index (χ4v) is 2.14. The predicted molar refractivity (Wildman–Crippen MR) is 81.2 cm³/mol. The van der Waals surface area contributed by atoms with Gasteiger partial charge in [0.25, 0.3) is 0 Å². The third-order valence-corrected chi connectivity index (χ3v) is 3.24. The fraction of sp³-hybridized carbons (Fsp3) is 0.222. The first-order valence-electron chi connectivity index (χ1n) is 6.76. The Bertz CT molecular complexity index is 541. The quantitative estimate of drug-likeness (QED) is 0.724. The molecule has 0 fully saturated rings. The van der Waals surface area contributed by atoms with Crippen molar-refractivity contribution in [2.75, 3.05) is 7.11 Å². The Labute approximate surface area is 119 Å². The fourth-order valence-electron chi connectivity index (χ4n) is 2.14. The molecule has 1 nitrogen and oxygen atoms in total. The topological polar surface area (TPSA) is 9.23 Å². The number of rotatable bonds is 6. The minimum atomic E-state index is 0.607. The average Bonchev–Trinajstić information content (AvgIpc) is 2.49. The Hall–Kier alpha value is -1.93. The van der Waals surface area contributed by atoms with Crippen LogP contribution in [0.3, 0.4) is 0 Å². The number of ether oxygens (including phenoxy) is 1. The normalized spacial score (nSPS) is 11.1. The highest BCUT2D eigenvalue weighted by Crippen LogP contribution is 2.21. The van der Waals surface area contributed by atoms with Gasteiger partial charge in [-0.3, -0.25) is 0 Å². The Kier molecular flexibility index (Phi) is 5.51. The van der Waals surface area contributed by atoms with Gasteiger partial charge in [-0.1, -0.05) is 54.6 Å². The molecule has 2 aromatic rings. The summed E-state index contributed by atoms with van der Waals surface area (Å²) in [6.45, 7) is 0.640. The molecular formula is C18H19FO. The summed E-state index contributed by atoms with van der Waals surface area (Å²) in [5, 5.41) is 0. The molecule has 20 heavy (non-hydrogen) atoms. The summed E-state index contributed by atoms with van der Waals surface area (Å²) in [6, 6.07) is 16.8. The molecule has 0 aliphatic heterocycles. The van der Waals surface area contributed by atoms with Crippen LogP contribution in [-0.2, 0) is 17.8 Å². The summed E-state index contributed by atoms with van der Waals surface area (Å²) in [5.74, 6) is 0. The zero-order chi connectivity index (χ0) is 14.2. The number of hydrogen-bond donors (Lipinski definition) is 0. The van der Waals surface area contributed by atoms with Gasteiger partial charge in [0.05, 0.1) is 12.9 Å². The van der Waals surface area contributed by atoms with E-state index in [-0.39, 0.29) is 0 Å². The number of benzene rings is 2. The van der Waals surface area contributed by atoms with Crippen LogP contribution in [0.25, 0.3) is 11.1 Å². The van der Waals surface area contributed by atoms with Gasteiger partial charge in [-0.15, -0.1) is 0 Å². The van der Waals surface area contributed by atoms with E-state index in [2.05, 4.69) is 48.5 Å². The Morgan fingerprint density at radius 1 is 0.900 bits per heavy atom. The van der Waals surface area contributed by atoms with E-state index in [0.29, 0.717) is 12.9 Å². The van der Waals surface area contributed by atoms with E-state index in [1.807, 2.05) is 0 Å². The molecule has 0 N–H and O–H groups in total. The average molecular weight is 270 g/mol. The summed E-state index contributed by atoms with van der Waals surface area (Å²) >= 11 is 0. The van der Waals surface area contributed by atoms with E-state index < -0.39 is 0 Å². The highest BCUT2D eigenvalue weighted by molar-refractivity contribution is 5.63. The van der Waals surface area contributed by atoms with Gasteiger partial charge in [-0.25, -0.2) is 4.39 Å². The maximum atomic E-state index is 11.9. The molecule has 0 aromatic heterocycles. The number of halogens is 1. The number of aryl methyl sites for hydroxylation is 1. The van der Waals surface area contributed by atoms with Crippen molar-refractivity contribution >= 4 is 0 Å². The second kappa shape index (κ2) is 7.61. The van der Waals surface area contributed by atoms with E-state index in [9.17, 15) is 4.39 Å². The number of allylic oxidation sites excluding steroid dienone is 1. The van der Waals surface area contributed by atoms with Crippen molar-refractivity contribution in [2.24, 2.45) is 0 Å². The van der Waals surface area contributed by atoms with Gasteiger partial charge in [0.2, 0.25) is 0 Å². The molecule has 0 heterocycles. The lowest BCUT2D eigenvalue weighted by atomic mass is 10.0. The van der Waals surface area contributed by atoms with Crippen LogP contribution in [0, 0.1) is 0 Å². The van der Waals surface area contributed by atoms with Crippen LogP contribution in [0.1, 0.15) is 17.5 Å². The molecule has 2 aromatic carbocycles. The second-order valence-corrected chi connectivity index (χ2v) is 4.73. The molecule has 0 atom stereocenters. The second-order valence-electron chi connectivity index (χ2n) is 4.73. The predicted octanol–water partition coefficient (Wildman–Crippen LogP) is 4.92. The summed E-state index contributed by atoms with van der Waals surface area (Å²) in [6.07, 6.45) is 3.76. The largest absolute Gasteiger partial charge is 0.380 e. The smallest absolute Gasteiger partial charge is 0.0827 e. The first-order chi connectivity index (χ1) is 9.83. The number of methoxy groups -OCH3 is 1. The van der Waals surface area contributed by atoms with E-state index in [0.717, 1.165) is 12.8 Å². The lowest BCUT2D eigenvalue weighted by molar-refractivity contribution is 0.185. The third-order valence-electron chi connectivity index (χ3n) is 3.24. The molecule has 0 spiro atoms. The van der Waals surface area contributed by atoms with Crippen molar-refractivity contribution < 1.29 is 9.13 Å². The van der Waals surface area contributed by atoms with Gasteiger partial charge in [0, 0.05) is 7.11 Å². The summed E-state index contributed by atoms with van der Waals surface area (Å²) in [4.78, 5) is 0. The van der Waals surface area contributed by atoms with E-state index in [1.54, 1.807) is 13.2 Å². The standard InChI is InChI=1S/C18H19FO/c1-20-14-16-7-11-18(12-8-16)17-9-5-15(6-10-17)4-2-3-13-19/h3,5-13H,2,4,14H2,1H3. The monoisotopic (exact) mass is 270 g/mol. The van der Waals surface area contributed by atoms with Gasteiger partial charge in [0.15, 0.2) is 0 Å². The Balaban J connectivity index is 2.05. The Morgan fingerprint density at radius 2 is 1.45 bits per heavy atom. The SMILES string of the molecule is COCc1ccc(-c2ccc(CCC=CF)cc2)cc1. The Morgan fingerprint density at radius 3 is 1.95 bits per heavy atom. The van der Waals surface area contributed by atoms with Gasteiger partial charge < -0.3 is 4.74 Å². The molecule has 2 heteroatoms. The number of hydrogen-bond acceptors (Lipinski definition) is 1. The highest BCUT2D eigenvalue weighted by atomic mass is 19.1. The maximum Gasteiger partial charge on any atom is 0.0827 e. The van der Waals surface area contributed by atoms with Crippen LogP contribution in [0.2, 0.25) is 0 Å². The van der Waals surface area contributed by atoms with E-state index >= 15 is 0 Å². The molecule has 0 unspecified atom stereocenters. The molecule has 0 amide bonds. The summed E-state index contributed by atoms with van der Waals surface area (Å²) in [7, 11) is 1.70. The van der Waals surface area contributed by atoms with Gasteiger partial charge in [-0.05, 0) is 35.1 Å². The summed E-state index contributed by atoms with van der Waals surface area (Å²) < 4.78 is 17.0. The molecule has 0 aliphatic rings. The van der Waals surface area contributed by atoms with E-state index in [4.69, 9.17) is 4.74 Å². The van der Waals surface area contributed by atoms with Gasteiger partial charge >= 0.3 is 0 Å². The van der Waals surface area contributed by atoms with Crippen LogP contribution in [0.5, 0.6) is 0 Å². The molecule has 0 bridgehead atoms. The molecule has 0 aliphatic carbocycles. The minimum Gasteiger partial charge on any atom is -0.380 e. The minimum absolute atomic E-state index is 0.607. The van der Waals surface area contributed by atoms with Crippen LogP contribution in [0.15, 0.2) is 60.9 Å². The van der Waals surface area contributed by atoms with E-state index in [1.165, 1.54) is 22.3 Å². The molecule has 0 radical (unpaired) electrons. The van der Waals surface area contributed by atoms with Crippen molar-refractivity contribution in [1.82, 2.24) is 0 Å².